The Morgan fingerprint density at radius 3 is 1.97 bits per heavy atom. The Bertz CT molecular complexity index is 900. The maximum Gasteiger partial charge on any atom is 0.167 e. The second kappa shape index (κ2) is 12.9. The van der Waals surface area contributed by atoms with Gasteiger partial charge in [-0.1, -0.05) is 69.5 Å². The molecule has 174 valence electrons. The van der Waals surface area contributed by atoms with Crippen LogP contribution >= 0.6 is 11.8 Å². The second-order valence-electron chi connectivity index (χ2n) is 8.84. The standard InChI is InChI=1S/C26H32O2S.C3H8/c1-5-20-13-18(4)14-21(6-2)25(20)26-23(27)15-19(16-24(26)28)11-12-29-22-9-7-17(3)8-10-22;1-3-2/h7-10,13-14,19,27H,5-6,11-12,15-16H2,1-4H3;3H2,1-2H3. The minimum atomic E-state index is 0.104. The lowest BCUT2D eigenvalue weighted by Gasteiger charge is -2.26. The summed E-state index contributed by atoms with van der Waals surface area (Å²) >= 11 is 1.83. The van der Waals surface area contributed by atoms with Crippen LogP contribution in [0.1, 0.15) is 81.2 Å². The van der Waals surface area contributed by atoms with Crippen LogP contribution < -0.4 is 0 Å². The normalized spacial score (nSPS) is 16.1. The minimum Gasteiger partial charge on any atom is -0.512 e. The van der Waals surface area contributed by atoms with Gasteiger partial charge in [0.1, 0.15) is 5.76 Å². The quantitative estimate of drug-likeness (QED) is 0.429. The Labute approximate surface area is 199 Å². The van der Waals surface area contributed by atoms with Crippen molar-refractivity contribution in [3.05, 3.63) is 70.0 Å². The fraction of sp³-hybridized carbons (Fsp3) is 0.483. The van der Waals surface area contributed by atoms with Gasteiger partial charge in [-0.05, 0) is 73.6 Å². The zero-order chi connectivity index (χ0) is 23.7. The molecule has 0 amide bonds. The highest BCUT2D eigenvalue weighted by Gasteiger charge is 2.30. The molecular formula is C29H40O2S. The molecule has 0 aliphatic heterocycles. The lowest BCUT2D eigenvalue weighted by molar-refractivity contribution is -0.115. The van der Waals surface area contributed by atoms with Crippen molar-refractivity contribution >= 4 is 23.1 Å². The molecule has 0 bridgehead atoms. The number of aryl methyl sites for hydroxylation is 4. The Morgan fingerprint density at radius 2 is 1.47 bits per heavy atom. The molecule has 2 aromatic rings. The molecule has 0 spiro atoms. The molecule has 3 rings (SSSR count). The first-order valence-corrected chi connectivity index (χ1v) is 13.1. The lowest BCUT2D eigenvalue weighted by Crippen LogP contribution is -2.21. The van der Waals surface area contributed by atoms with Crippen molar-refractivity contribution < 1.29 is 9.90 Å². The van der Waals surface area contributed by atoms with E-state index in [4.69, 9.17) is 0 Å². The Hall–Kier alpha value is -2.00. The smallest absolute Gasteiger partial charge is 0.167 e. The van der Waals surface area contributed by atoms with Gasteiger partial charge in [-0.3, -0.25) is 4.79 Å². The minimum absolute atomic E-state index is 0.104. The summed E-state index contributed by atoms with van der Waals surface area (Å²) in [5.74, 6) is 1.59. The number of aliphatic hydroxyl groups excluding tert-OH is 1. The van der Waals surface area contributed by atoms with Crippen LogP contribution in [0, 0.1) is 19.8 Å². The molecule has 0 heterocycles. The van der Waals surface area contributed by atoms with E-state index in [0.717, 1.165) is 30.6 Å². The van der Waals surface area contributed by atoms with Gasteiger partial charge < -0.3 is 5.11 Å². The van der Waals surface area contributed by atoms with Gasteiger partial charge in [-0.2, -0.15) is 0 Å². The third-order valence-corrected chi connectivity index (χ3v) is 6.84. The molecule has 1 atom stereocenters. The number of thioether (sulfide) groups is 1. The van der Waals surface area contributed by atoms with Crippen LogP contribution in [0.2, 0.25) is 0 Å². The molecular weight excluding hydrogens is 412 g/mol. The fourth-order valence-corrected chi connectivity index (χ4v) is 5.27. The molecule has 1 aliphatic rings. The zero-order valence-corrected chi connectivity index (χ0v) is 21.6. The second-order valence-corrected chi connectivity index (χ2v) is 10.0. The molecule has 0 aromatic heterocycles. The van der Waals surface area contributed by atoms with Crippen molar-refractivity contribution in [2.75, 3.05) is 5.75 Å². The first-order valence-electron chi connectivity index (χ1n) is 12.1. The van der Waals surface area contributed by atoms with Crippen LogP contribution in [0.5, 0.6) is 0 Å². The van der Waals surface area contributed by atoms with Gasteiger partial charge in [-0.25, -0.2) is 0 Å². The van der Waals surface area contributed by atoms with Crippen LogP contribution in [-0.4, -0.2) is 16.6 Å². The van der Waals surface area contributed by atoms with E-state index in [9.17, 15) is 9.90 Å². The number of hydrogen-bond donors (Lipinski definition) is 1. The highest BCUT2D eigenvalue weighted by molar-refractivity contribution is 7.99. The van der Waals surface area contributed by atoms with Gasteiger partial charge in [0.25, 0.3) is 0 Å². The number of allylic oxidation sites excluding steroid dienone is 2. The molecule has 3 heteroatoms. The predicted molar refractivity (Wildman–Crippen MR) is 140 cm³/mol. The number of Topliss-reactive ketones (excluding diaryl/α,β-unsaturated/α-hetero) is 1. The number of ketones is 1. The third kappa shape index (κ3) is 7.00. The van der Waals surface area contributed by atoms with Gasteiger partial charge in [0, 0.05) is 17.7 Å². The van der Waals surface area contributed by atoms with Crippen molar-refractivity contribution in [1.29, 1.82) is 0 Å². The lowest BCUT2D eigenvalue weighted by atomic mass is 9.79. The number of rotatable bonds is 7. The summed E-state index contributed by atoms with van der Waals surface area (Å²) < 4.78 is 0. The van der Waals surface area contributed by atoms with Gasteiger partial charge in [0.15, 0.2) is 5.78 Å². The maximum atomic E-state index is 13.1. The number of hydrogen-bond acceptors (Lipinski definition) is 3. The fourth-order valence-electron chi connectivity index (χ4n) is 4.26. The van der Waals surface area contributed by atoms with Crippen molar-refractivity contribution in [2.24, 2.45) is 5.92 Å². The van der Waals surface area contributed by atoms with Gasteiger partial charge in [-0.15, -0.1) is 11.8 Å². The highest BCUT2D eigenvalue weighted by atomic mass is 32.2. The van der Waals surface area contributed by atoms with Crippen molar-refractivity contribution in [1.82, 2.24) is 0 Å². The Balaban J connectivity index is 0.00000114. The van der Waals surface area contributed by atoms with Gasteiger partial charge in [0.2, 0.25) is 0 Å². The summed E-state index contributed by atoms with van der Waals surface area (Å²) in [6.07, 6.45) is 5.07. The van der Waals surface area contributed by atoms with E-state index in [2.05, 4.69) is 77.9 Å². The van der Waals surface area contributed by atoms with E-state index in [0.29, 0.717) is 24.2 Å². The van der Waals surface area contributed by atoms with Gasteiger partial charge >= 0.3 is 0 Å². The molecule has 32 heavy (non-hydrogen) atoms. The van der Waals surface area contributed by atoms with E-state index < -0.39 is 0 Å². The number of benzene rings is 2. The van der Waals surface area contributed by atoms with Crippen LogP contribution in [0.15, 0.2) is 47.1 Å². The summed E-state index contributed by atoms with van der Waals surface area (Å²) in [7, 11) is 0. The van der Waals surface area contributed by atoms with Gasteiger partial charge in [0.05, 0.1) is 5.57 Å². The van der Waals surface area contributed by atoms with E-state index >= 15 is 0 Å². The SMILES string of the molecule is CCC.CCc1cc(C)cc(CC)c1C1=C(O)CC(CCSc2ccc(C)cc2)CC1=O. The Morgan fingerprint density at radius 1 is 0.906 bits per heavy atom. The third-order valence-electron chi connectivity index (χ3n) is 5.80. The van der Waals surface area contributed by atoms with Crippen LogP contribution in [0.4, 0.5) is 0 Å². The summed E-state index contributed by atoms with van der Waals surface area (Å²) in [5, 5.41) is 10.9. The van der Waals surface area contributed by atoms with Crippen molar-refractivity contribution in [2.45, 2.75) is 85.0 Å². The molecule has 0 saturated carbocycles. The van der Waals surface area contributed by atoms with Crippen molar-refractivity contribution in [3.63, 3.8) is 0 Å². The molecule has 2 nitrogen and oxygen atoms in total. The first-order chi connectivity index (χ1) is 15.3. The molecule has 1 aliphatic carbocycles. The monoisotopic (exact) mass is 452 g/mol. The highest BCUT2D eigenvalue weighted by Crippen LogP contribution is 2.38. The number of carbonyl (C=O) groups excluding carboxylic acids is 1. The first kappa shape index (κ1) is 26.3. The summed E-state index contributed by atoms with van der Waals surface area (Å²) in [4.78, 5) is 14.3. The molecule has 1 N–H and O–H groups in total. The molecule has 0 fully saturated rings. The Kier molecular flexibility index (Phi) is 10.6. The van der Waals surface area contributed by atoms with Crippen LogP contribution in [0.25, 0.3) is 5.57 Å². The topological polar surface area (TPSA) is 37.3 Å². The maximum absolute atomic E-state index is 13.1. The molecule has 2 aromatic carbocycles. The largest absolute Gasteiger partial charge is 0.512 e. The van der Waals surface area contributed by atoms with Crippen LogP contribution in [-0.2, 0) is 17.6 Å². The summed E-state index contributed by atoms with van der Waals surface area (Å²) in [6, 6.07) is 12.9. The molecule has 0 saturated heterocycles. The molecule has 0 radical (unpaired) electrons. The molecule has 1 unspecified atom stereocenters. The summed E-state index contributed by atoms with van der Waals surface area (Å²) in [5.41, 5.74) is 6.41. The van der Waals surface area contributed by atoms with E-state index in [1.807, 2.05) is 11.8 Å². The summed E-state index contributed by atoms with van der Waals surface area (Å²) in [6.45, 7) is 12.7. The average molecular weight is 453 g/mol. The zero-order valence-electron chi connectivity index (χ0n) is 20.8. The van der Waals surface area contributed by atoms with Crippen molar-refractivity contribution in [3.8, 4) is 0 Å². The van der Waals surface area contributed by atoms with Crippen LogP contribution in [0.3, 0.4) is 0 Å². The van der Waals surface area contributed by atoms with E-state index in [-0.39, 0.29) is 11.7 Å². The van der Waals surface area contributed by atoms with E-state index in [1.165, 1.54) is 33.6 Å². The number of carbonyl (C=O) groups is 1. The van der Waals surface area contributed by atoms with E-state index in [1.54, 1.807) is 0 Å². The average Bonchev–Trinajstić information content (AvgIpc) is 2.75. The predicted octanol–water partition coefficient (Wildman–Crippen LogP) is 8.28. The number of aliphatic hydroxyl groups is 1.